The molecule has 5 heteroatoms. The van der Waals surface area contributed by atoms with Crippen molar-refractivity contribution in [1.82, 2.24) is 14.7 Å². The molecule has 0 N–H and O–H groups in total. The molecule has 4 nitrogen and oxygen atoms in total. The predicted molar refractivity (Wildman–Crippen MR) is 106 cm³/mol. The van der Waals surface area contributed by atoms with E-state index in [1.807, 2.05) is 53.8 Å². The Kier molecular flexibility index (Phi) is 5.82. The van der Waals surface area contributed by atoms with Gasteiger partial charge in [0, 0.05) is 34.9 Å². The quantitative estimate of drug-likeness (QED) is 0.736. The van der Waals surface area contributed by atoms with E-state index in [-0.39, 0.29) is 5.91 Å². The number of amides is 1. The number of carbonyl (C=O) groups is 1. The van der Waals surface area contributed by atoms with E-state index >= 15 is 0 Å². The summed E-state index contributed by atoms with van der Waals surface area (Å²) in [4.78, 5) is 14.5. The molecular weight excluding hydrogens is 346 g/mol. The molecule has 0 aliphatic carbocycles. The second-order valence-electron chi connectivity index (χ2n) is 7.04. The van der Waals surface area contributed by atoms with Gasteiger partial charge in [0.15, 0.2) is 0 Å². The molecule has 138 valence electrons. The van der Waals surface area contributed by atoms with Crippen LogP contribution in [0.1, 0.15) is 48.7 Å². The van der Waals surface area contributed by atoms with Gasteiger partial charge in [0.05, 0.1) is 12.2 Å². The molecule has 1 aliphatic rings. The topological polar surface area (TPSA) is 38.1 Å². The van der Waals surface area contributed by atoms with Crippen molar-refractivity contribution in [2.45, 2.75) is 52.6 Å². The fourth-order valence-electron chi connectivity index (χ4n) is 3.57. The maximum atomic E-state index is 12.5. The molecule has 1 saturated heterocycles. The summed E-state index contributed by atoms with van der Waals surface area (Å²) >= 11 is 6.27. The number of likely N-dealkylation sites (tertiary alicyclic amines) is 1. The van der Waals surface area contributed by atoms with Gasteiger partial charge in [-0.1, -0.05) is 29.8 Å². The number of halogens is 1. The lowest BCUT2D eigenvalue weighted by Crippen LogP contribution is -2.41. The zero-order valence-electron chi connectivity index (χ0n) is 15.7. The molecule has 0 saturated carbocycles. The van der Waals surface area contributed by atoms with Crippen molar-refractivity contribution in [3.05, 3.63) is 57.9 Å². The third-order valence-electron chi connectivity index (χ3n) is 5.19. The van der Waals surface area contributed by atoms with Crippen LogP contribution in [-0.4, -0.2) is 33.2 Å². The van der Waals surface area contributed by atoms with E-state index in [4.69, 9.17) is 11.6 Å². The zero-order chi connectivity index (χ0) is 18.7. The summed E-state index contributed by atoms with van der Waals surface area (Å²) in [5.74, 6) is 0.0925. The SMILES string of the molecule is Cc1nn(Cc2ccccc2Cl)c(C)c1/C=C/C(=O)N1CCCCC1C. The number of hydrogen-bond acceptors (Lipinski definition) is 2. The van der Waals surface area contributed by atoms with Gasteiger partial charge in [-0.2, -0.15) is 5.10 Å². The monoisotopic (exact) mass is 371 g/mol. The molecular formula is C21H26ClN3O. The fourth-order valence-corrected chi connectivity index (χ4v) is 3.77. The molecule has 1 aromatic carbocycles. The Hall–Kier alpha value is -2.07. The summed E-state index contributed by atoms with van der Waals surface area (Å²) < 4.78 is 1.95. The van der Waals surface area contributed by atoms with E-state index in [2.05, 4.69) is 12.0 Å². The molecule has 1 amide bonds. The first-order valence-electron chi connectivity index (χ1n) is 9.23. The second kappa shape index (κ2) is 8.09. The fraction of sp³-hybridized carbons (Fsp3) is 0.429. The van der Waals surface area contributed by atoms with Gasteiger partial charge in [0.25, 0.3) is 0 Å². The van der Waals surface area contributed by atoms with Crippen LogP contribution in [0.25, 0.3) is 6.08 Å². The van der Waals surface area contributed by atoms with Gasteiger partial charge >= 0.3 is 0 Å². The first-order valence-corrected chi connectivity index (χ1v) is 9.61. The van der Waals surface area contributed by atoms with Crippen LogP contribution in [0, 0.1) is 13.8 Å². The number of hydrogen-bond donors (Lipinski definition) is 0. The Labute approximate surface area is 160 Å². The summed E-state index contributed by atoms with van der Waals surface area (Å²) in [6.45, 7) is 7.61. The van der Waals surface area contributed by atoms with Crippen molar-refractivity contribution in [2.75, 3.05) is 6.54 Å². The molecule has 2 heterocycles. The molecule has 0 spiro atoms. The molecule has 1 fully saturated rings. The number of carbonyl (C=O) groups excluding carboxylic acids is 1. The van der Waals surface area contributed by atoms with Crippen LogP contribution < -0.4 is 0 Å². The first-order chi connectivity index (χ1) is 12.5. The van der Waals surface area contributed by atoms with Crippen LogP contribution in [0.15, 0.2) is 30.3 Å². The van der Waals surface area contributed by atoms with Crippen LogP contribution in [0.5, 0.6) is 0 Å². The van der Waals surface area contributed by atoms with Crippen molar-refractivity contribution in [1.29, 1.82) is 0 Å². The molecule has 0 bridgehead atoms. The Morgan fingerprint density at radius 1 is 1.31 bits per heavy atom. The van der Waals surface area contributed by atoms with Crippen LogP contribution in [0.2, 0.25) is 5.02 Å². The lowest BCUT2D eigenvalue weighted by molar-refractivity contribution is -0.129. The van der Waals surface area contributed by atoms with E-state index in [1.54, 1.807) is 6.08 Å². The number of benzene rings is 1. The molecule has 1 aromatic heterocycles. The molecule has 26 heavy (non-hydrogen) atoms. The summed E-state index contributed by atoms with van der Waals surface area (Å²) in [7, 11) is 0. The first kappa shape index (κ1) is 18.7. The summed E-state index contributed by atoms with van der Waals surface area (Å²) in [5, 5.41) is 5.38. The molecule has 1 unspecified atom stereocenters. The average molecular weight is 372 g/mol. The molecule has 1 aliphatic heterocycles. The van der Waals surface area contributed by atoms with E-state index in [0.29, 0.717) is 12.6 Å². The molecule has 1 atom stereocenters. The minimum absolute atomic E-state index is 0.0925. The maximum Gasteiger partial charge on any atom is 0.246 e. The minimum Gasteiger partial charge on any atom is -0.336 e. The Morgan fingerprint density at radius 2 is 2.08 bits per heavy atom. The number of nitrogens with zero attached hydrogens (tertiary/aromatic N) is 3. The van der Waals surface area contributed by atoms with Gasteiger partial charge in [-0.3, -0.25) is 9.48 Å². The number of piperidine rings is 1. The van der Waals surface area contributed by atoms with E-state index < -0.39 is 0 Å². The van der Waals surface area contributed by atoms with E-state index in [9.17, 15) is 4.79 Å². The van der Waals surface area contributed by atoms with Crippen LogP contribution in [0.4, 0.5) is 0 Å². The summed E-state index contributed by atoms with van der Waals surface area (Å²) in [6, 6.07) is 8.13. The molecule has 0 radical (unpaired) electrons. The Bertz CT molecular complexity index is 825. The molecule has 3 rings (SSSR count). The van der Waals surface area contributed by atoms with Gasteiger partial charge in [-0.05, 0) is 57.7 Å². The third kappa shape index (κ3) is 4.01. The van der Waals surface area contributed by atoms with E-state index in [0.717, 1.165) is 46.9 Å². The van der Waals surface area contributed by atoms with Crippen molar-refractivity contribution in [2.24, 2.45) is 0 Å². The normalized spacial score (nSPS) is 17.8. The highest BCUT2D eigenvalue weighted by Crippen LogP contribution is 2.21. The van der Waals surface area contributed by atoms with Crippen molar-refractivity contribution in [3.8, 4) is 0 Å². The standard InChI is InChI=1S/C21H26ClN3O/c1-15-8-6-7-13-24(15)21(26)12-11-19-16(2)23-25(17(19)3)14-18-9-4-5-10-20(18)22/h4-5,9-12,15H,6-8,13-14H2,1-3H3/b12-11+. The van der Waals surface area contributed by atoms with Gasteiger partial charge in [0.1, 0.15) is 0 Å². The summed E-state index contributed by atoms with van der Waals surface area (Å²) in [5.41, 5.74) is 4.01. The lowest BCUT2D eigenvalue weighted by Gasteiger charge is -2.32. The predicted octanol–water partition coefficient (Wildman–Crippen LogP) is 4.62. The molecule has 2 aromatic rings. The van der Waals surface area contributed by atoms with Gasteiger partial charge in [-0.25, -0.2) is 0 Å². The smallest absolute Gasteiger partial charge is 0.246 e. The highest BCUT2D eigenvalue weighted by Gasteiger charge is 2.21. The van der Waals surface area contributed by atoms with Crippen LogP contribution >= 0.6 is 11.6 Å². The maximum absolute atomic E-state index is 12.5. The Balaban J connectivity index is 1.77. The lowest BCUT2D eigenvalue weighted by atomic mass is 10.0. The van der Waals surface area contributed by atoms with Crippen molar-refractivity contribution < 1.29 is 4.79 Å². The van der Waals surface area contributed by atoms with Gasteiger partial charge in [-0.15, -0.1) is 0 Å². The van der Waals surface area contributed by atoms with Crippen LogP contribution in [0.3, 0.4) is 0 Å². The van der Waals surface area contributed by atoms with Crippen molar-refractivity contribution >= 4 is 23.6 Å². The second-order valence-corrected chi connectivity index (χ2v) is 7.45. The number of aromatic nitrogens is 2. The van der Waals surface area contributed by atoms with Gasteiger partial charge in [0.2, 0.25) is 5.91 Å². The highest BCUT2D eigenvalue weighted by molar-refractivity contribution is 6.31. The average Bonchev–Trinajstić information content (AvgIpc) is 2.88. The number of rotatable bonds is 4. The number of aryl methyl sites for hydroxylation is 1. The van der Waals surface area contributed by atoms with Crippen molar-refractivity contribution in [3.63, 3.8) is 0 Å². The summed E-state index contributed by atoms with van der Waals surface area (Å²) in [6.07, 6.45) is 7.00. The largest absolute Gasteiger partial charge is 0.336 e. The minimum atomic E-state index is 0.0925. The van der Waals surface area contributed by atoms with E-state index in [1.165, 1.54) is 6.42 Å². The van der Waals surface area contributed by atoms with Crippen LogP contribution in [-0.2, 0) is 11.3 Å². The third-order valence-corrected chi connectivity index (χ3v) is 5.56. The Morgan fingerprint density at radius 3 is 2.81 bits per heavy atom. The zero-order valence-corrected chi connectivity index (χ0v) is 16.5. The highest BCUT2D eigenvalue weighted by atomic mass is 35.5. The van der Waals surface area contributed by atoms with Gasteiger partial charge < -0.3 is 4.90 Å².